The third-order valence-corrected chi connectivity index (χ3v) is 4.47. The van der Waals surface area contributed by atoms with Crippen LogP contribution in [0.2, 0.25) is 0 Å². The van der Waals surface area contributed by atoms with E-state index >= 15 is 0 Å². The van der Waals surface area contributed by atoms with Gasteiger partial charge in [0.15, 0.2) is 0 Å². The van der Waals surface area contributed by atoms with Crippen LogP contribution < -0.4 is 0 Å². The van der Waals surface area contributed by atoms with Crippen molar-refractivity contribution in [3.63, 3.8) is 0 Å². The van der Waals surface area contributed by atoms with Gasteiger partial charge in [-0.2, -0.15) is 0 Å². The summed E-state index contributed by atoms with van der Waals surface area (Å²) in [4.78, 5) is 24.1. The molecule has 0 bridgehead atoms. The number of halogens is 4. The summed E-state index contributed by atoms with van der Waals surface area (Å²) in [5.74, 6) is -8.58. The van der Waals surface area contributed by atoms with Crippen molar-refractivity contribution < 1.29 is 32.3 Å². The monoisotopic (exact) mass is 311 g/mol. The number of amides is 1. The number of hydrogen-bond acceptors (Lipinski definition) is 3. The molecule has 1 saturated heterocycles. The molecule has 1 spiro atoms. The fourth-order valence-electron chi connectivity index (χ4n) is 3.16. The smallest absolute Gasteiger partial charge is 0.292 e. The van der Waals surface area contributed by atoms with Gasteiger partial charge < -0.3 is 10.0 Å². The highest BCUT2D eigenvalue weighted by atomic mass is 19.3. The predicted octanol–water partition coefficient (Wildman–Crippen LogP) is 1.75. The first-order valence-electron chi connectivity index (χ1n) is 6.84. The van der Waals surface area contributed by atoms with Crippen LogP contribution in [0.15, 0.2) is 0 Å². The Balaban J connectivity index is 2.35. The molecule has 21 heavy (non-hydrogen) atoms. The van der Waals surface area contributed by atoms with Crippen molar-refractivity contribution in [2.45, 2.75) is 62.5 Å². The van der Waals surface area contributed by atoms with E-state index in [9.17, 15) is 32.3 Å². The number of rotatable bonds is 2. The Labute approximate surface area is 119 Å². The summed E-state index contributed by atoms with van der Waals surface area (Å²) in [6.45, 7) is 0.302. The average molecular weight is 311 g/mol. The quantitative estimate of drug-likeness (QED) is 0.624. The number of alkyl halides is 4. The SMILES string of the molecule is CCC(=O)C(=O)N1CC(F)(F)C(O)C12CCC(F)(F)CC2. The van der Waals surface area contributed by atoms with Gasteiger partial charge in [-0.1, -0.05) is 6.92 Å². The summed E-state index contributed by atoms with van der Waals surface area (Å²) in [7, 11) is 0. The Bertz CT molecular complexity index is 456. The van der Waals surface area contributed by atoms with Crippen molar-refractivity contribution in [2.24, 2.45) is 0 Å². The Morgan fingerprint density at radius 2 is 1.67 bits per heavy atom. The zero-order valence-electron chi connectivity index (χ0n) is 11.5. The minimum absolute atomic E-state index is 0.163. The van der Waals surface area contributed by atoms with E-state index < -0.39 is 67.4 Å². The van der Waals surface area contributed by atoms with Crippen molar-refractivity contribution in [3.8, 4) is 0 Å². The molecule has 1 unspecified atom stereocenters. The van der Waals surface area contributed by atoms with Crippen LogP contribution in [0.4, 0.5) is 17.6 Å². The topological polar surface area (TPSA) is 57.6 Å². The number of carbonyl (C=O) groups is 2. The number of Topliss-reactive ketones (excluding diaryl/α,β-unsaturated/α-hetero) is 1. The highest BCUT2D eigenvalue weighted by Crippen LogP contribution is 2.50. The molecule has 0 aromatic carbocycles. The van der Waals surface area contributed by atoms with Crippen LogP contribution in [-0.2, 0) is 9.59 Å². The van der Waals surface area contributed by atoms with Crippen LogP contribution in [0.25, 0.3) is 0 Å². The van der Waals surface area contributed by atoms with Gasteiger partial charge in [-0.25, -0.2) is 17.6 Å². The van der Waals surface area contributed by atoms with Crippen molar-refractivity contribution in [3.05, 3.63) is 0 Å². The molecule has 2 aliphatic rings. The molecule has 120 valence electrons. The van der Waals surface area contributed by atoms with Crippen LogP contribution >= 0.6 is 0 Å². The zero-order valence-corrected chi connectivity index (χ0v) is 11.5. The molecule has 1 aliphatic carbocycles. The van der Waals surface area contributed by atoms with Gasteiger partial charge in [0, 0.05) is 19.3 Å². The molecule has 2 fully saturated rings. The van der Waals surface area contributed by atoms with E-state index in [0.717, 1.165) is 0 Å². The van der Waals surface area contributed by atoms with Crippen LogP contribution in [-0.4, -0.2) is 51.7 Å². The molecule has 1 N–H and O–H groups in total. The molecule has 1 atom stereocenters. The molecule has 2 rings (SSSR count). The number of aliphatic hydroxyl groups is 1. The van der Waals surface area contributed by atoms with E-state index in [1.165, 1.54) is 6.92 Å². The second-order valence-electron chi connectivity index (χ2n) is 5.79. The van der Waals surface area contributed by atoms with E-state index in [2.05, 4.69) is 0 Å². The van der Waals surface area contributed by atoms with Gasteiger partial charge in [0.05, 0.1) is 12.1 Å². The molecule has 1 amide bonds. The molecule has 8 heteroatoms. The maximum absolute atomic E-state index is 13.8. The van der Waals surface area contributed by atoms with E-state index in [0.29, 0.717) is 4.90 Å². The summed E-state index contributed by atoms with van der Waals surface area (Å²) < 4.78 is 54.1. The summed E-state index contributed by atoms with van der Waals surface area (Å²) >= 11 is 0. The van der Waals surface area contributed by atoms with Gasteiger partial charge in [-0.15, -0.1) is 0 Å². The number of hydrogen-bond donors (Lipinski definition) is 1. The van der Waals surface area contributed by atoms with Crippen LogP contribution in [0.3, 0.4) is 0 Å². The Morgan fingerprint density at radius 1 is 1.14 bits per heavy atom. The van der Waals surface area contributed by atoms with Crippen molar-refractivity contribution in [1.29, 1.82) is 0 Å². The Kier molecular flexibility index (Phi) is 3.80. The van der Waals surface area contributed by atoms with Crippen molar-refractivity contribution >= 4 is 11.7 Å². The number of likely N-dealkylation sites (tertiary alicyclic amines) is 1. The van der Waals surface area contributed by atoms with E-state index in [1.807, 2.05) is 0 Å². The highest BCUT2D eigenvalue weighted by Gasteiger charge is 2.66. The number of ketones is 1. The number of nitrogens with zero attached hydrogens (tertiary/aromatic N) is 1. The lowest BCUT2D eigenvalue weighted by atomic mass is 9.76. The second kappa shape index (κ2) is 4.93. The van der Waals surface area contributed by atoms with Gasteiger partial charge >= 0.3 is 0 Å². The van der Waals surface area contributed by atoms with E-state index in [4.69, 9.17) is 0 Å². The maximum Gasteiger partial charge on any atom is 0.292 e. The molecule has 0 radical (unpaired) electrons. The summed E-state index contributed by atoms with van der Waals surface area (Å²) in [5.41, 5.74) is -1.77. The highest BCUT2D eigenvalue weighted by molar-refractivity contribution is 6.36. The lowest BCUT2D eigenvalue weighted by Crippen LogP contribution is -2.58. The first kappa shape index (κ1) is 16.2. The third-order valence-electron chi connectivity index (χ3n) is 4.47. The second-order valence-corrected chi connectivity index (χ2v) is 5.79. The summed E-state index contributed by atoms with van der Waals surface area (Å²) in [5, 5.41) is 9.88. The van der Waals surface area contributed by atoms with Crippen molar-refractivity contribution in [2.75, 3.05) is 6.54 Å². The van der Waals surface area contributed by atoms with E-state index in [-0.39, 0.29) is 6.42 Å². The first-order valence-corrected chi connectivity index (χ1v) is 6.84. The minimum atomic E-state index is -3.60. The summed E-state index contributed by atoms with van der Waals surface area (Å²) in [6, 6.07) is 0. The van der Waals surface area contributed by atoms with Gasteiger partial charge in [-0.05, 0) is 12.8 Å². The first-order chi connectivity index (χ1) is 9.56. The number of carbonyl (C=O) groups excluding carboxylic acids is 2. The van der Waals surface area contributed by atoms with Gasteiger partial charge in [0.2, 0.25) is 11.7 Å². The lowest BCUT2D eigenvalue weighted by Gasteiger charge is -2.44. The normalized spacial score (nSPS) is 29.6. The fraction of sp³-hybridized carbons (Fsp3) is 0.846. The predicted molar refractivity (Wildman–Crippen MR) is 64.1 cm³/mol. The molecule has 0 aromatic heterocycles. The van der Waals surface area contributed by atoms with Crippen LogP contribution in [0, 0.1) is 0 Å². The maximum atomic E-state index is 13.8. The van der Waals surface area contributed by atoms with Crippen LogP contribution in [0.5, 0.6) is 0 Å². The van der Waals surface area contributed by atoms with Gasteiger partial charge in [0.25, 0.3) is 11.8 Å². The molecule has 1 heterocycles. The zero-order chi connectivity index (χ0) is 16.1. The molecule has 0 aromatic rings. The fourth-order valence-corrected chi connectivity index (χ4v) is 3.16. The minimum Gasteiger partial charge on any atom is -0.384 e. The largest absolute Gasteiger partial charge is 0.384 e. The standard InChI is InChI=1S/C13H17F4NO3/c1-2-8(19)9(20)18-7-13(16,17)10(21)11(18)3-5-12(14,15)6-4-11/h10,21H,2-7H2,1H3. The Hall–Kier alpha value is -1.18. The molecular weight excluding hydrogens is 294 g/mol. The molecule has 4 nitrogen and oxygen atoms in total. The molecule has 1 saturated carbocycles. The molecule has 1 aliphatic heterocycles. The van der Waals surface area contributed by atoms with Gasteiger partial charge in [0.1, 0.15) is 6.10 Å². The summed E-state index contributed by atoms with van der Waals surface area (Å²) in [6.07, 6.45) is -4.66. The molecular formula is C13H17F4NO3. The lowest BCUT2D eigenvalue weighted by molar-refractivity contribution is -0.155. The third kappa shape index (κ3) is 2.54. The Morgan fingerprint density at radius 3 is 2.14 bits per heavy atom. The van der Waals surface area contributed by atoms with E-state index in [1.54, 1.807) is 0 Å². The van der Waals surface area contributed by atoms with Crippen molar-refractivity contribution in [1.82, 2.24) is 4.90 Å². The average Bonchev–Trinajstić information content (AvgIpc) is 2.62. The van der Waals surface area contributed by atoms with Gasteiger partial charge in [-0.3, -0.25) is 9.59 Å². The van der Waals surface area contributed by atoms with Crippen LogP contribution in [0.1, 0.15) is 39.0 Å². The number of aliphatic hydroxyl groups excluding tert-OH is 1.